The third kappa shape index (κ3) is 5.59. The number of benzene rings is 3. The number of amides is 2. The van der Waals surface area contributed by atoms with E-state index >= 15 is 0 Å². The van der Waals surface area contributed by atoms with Crippen molar-refractivity contribution in [3.8, 4) is 0 Å². The fourth-order valence-electron chi connectivity index (χ4n) is 3.09. The van der Waals surface area contributed by atoms with Crippen molar-refractivity contribution in [1.29, 1.82) is 0 Å². The van der Waals surface area contributed by atoms with Crippen molar-refractivity contribution < 1.29 is 9.59 Å². The average Bonchev–Trinajstić information content (AvgIpc) is 3.09. The molecular weight excluding hydrogens is 459 g/mol. The van der Waals surface area contributed by atoms with Crippen LogP contribution in [0.25, 0.3) is 0 Å². The number of rotatable bonds is 3. The quantitative estimate of drug-likeness (QED) is 0.251. The van der Waals surface area contributed by atoms with Crippen LogP contribution >= 0.6 is 12.2 Å². The minimum absolute atomic E-state index is 0.0625. The molecule has 0 spiro atoms. The van der Waals surface area contributed by atoms with Crippen LogP contribution in [0, 0.1) is 0 Å². The van der Waals surface area contributed by atoms with Gasteiger partial charge in [-0.05, 0) is 4.32 Å². The Labute approximate surface area is 186 Å². The Morgan fingerprint density at radius 2 is 1.00 bits per heavy atom. The Bertz CT molecular complexity index is 872. The minimum atomic E-state index is -1.63. The van der Waals surface area contributed by atoms with Crippen LogP contribution in [0.5, 0.6) is 0 Å². The molecule has 0 unspecified atom stereocenters. The van der Waals surface area contributed by atoms with Crippen LogP contribution in [0.4, 0.5) is 0 Å². The molecule has 1 fully saturated rings. The molecule has 2 amide bonds. The molecule has 0 saturated carbocycles. The second-order valence-corrected chi connectivity index (χ2v) is 12.6. The molecule has 6 heteroatoms. The van der Waals surface area contributed by atoms with Crippen molar-refractivity contribution in [3.63, 3.8) is 0 Å². The summed E-state index contributed by atoms with van der Waals surface area (Å²) < 4.78 is 4.44. The topological polar surface area (TPSA) is 37.4 Å². The molecular formula is C23H19GeNO2S2-. The van der Waals surface area contributed by atoms with Gasteiger partial charge in [0.1, 0.15) is 0 Å². The first-order valence-electron chi connectivity index (χ1n) is 9.18. The van der Waals surface area contributed by atoms with Gasteiger partial charge in [-0.15, -0.1) is 0 Å². The Morgan fingerprint density at radius 3 is 1.24 bits per heavy atom. The zero-order valence-corrected chi connectivity index (χ0v) is 19.4. The molecule has 0 atom stereocenters. The number of hydrogen-bond acceptors (Lipinski definition) is 4. The average molecular weight is 478 g/mol. The van der Waals surface area contributed by atoms with Gasteiger partial charge in [-0.2, -0.15) is 0 Å². The molecule has 0 N–H and O–H groups in total. The molecule has 0 aromatic heterocycles. The number of likely N-dealkylation sites (tertiary alicyclic amines) is 1. The Balaban J connectivity index is 0.000000204. The molecule has 29 heavy (non-hydrogen) atoms. The van der Waals surface area contributed by atoms with Crippen LogP contribution in [0.1, 0.15) is 12.8 Å². The second kappa shape index (κ2) is 10.4. The van der Waals surface area contributed by atoms with E-state index in [1.165, 1.54) is 13.2 Å². The maximum atomic E-state index is 10.8. The van der Waals surface area contributed by atoms with Crippen molar-refractivity contribution in [2.24, 2.45) is 0 Å². The zero-order chi connectivity index (χ0) is 20.6. The first-order chi connectivity index (χ1) is 14.1. The summed E-state index contributed by atoms with van der Waals surface area (Å²) in [6.07, 6.45) is 0.491. The van der Waals surface area contributed by atoms with Crippen LogP contribution in [-0.2, 0) is 22.2 Å². The summed E-state index contributed by atoms with van der Waals surface area (Å²) in [4.78, 5) is 22.4. The van der Waals surface area contributed by atoms with Gasteiger partial charge in [0.05, 0.1) is 0 Å². The number of thiocarbonyl (C=S) groups is 1. The predicted octanol–water partition coefficient (Wildman–Crippen LogP) is 2.17. The maximum absolute atomic E-state index is 10.8. The fourth-order valence-corrected chi connectivity index (χ4v) is 8.91. The molecule has 145 valence electrons. The van der Waals surface area contributed by atoms with E-state index in [9.17, 15) is 9.59 Å². The first-order valence-corrected chi connectivity index (χ1v) is 13.1. The molecule has 1 radical (unpaired) electrons. The van der Waals surface area contributed by atoms with E-state index in [-0.39, 0.29) is 29.0 Å². The summed E-state index contributed by atoms with van der Waals surface area (Å²) in [7, 11) is 0. The molecule has 1 heterocycles. The molecule has 0 bridgehead atoms. The summed E-state index contributed by atoms with van der Waals surface area (Å²) in [5.74, 6) is -0.546. The number of nitrogens with zero attached hydrogens (tertiary/aromatic N) is 1. The molecule has 1 saturated heterocycles. The zero-order valence-electron chi connectivity index (χ0n) is 15.7. The summed E-state index contributed by atoms with van der Waals surface area (Å²) in [5.41, 5.74) is 0. The van der Waals surface area contributed by atoms with Gasteiger partial charge in [0.25, 0.3) is 0 Å². The third-order valence-electron chi connectivity index (χ3n) is 4.42. The second-order valence-electron chi connectivity index (χ2n) is 6.36. The summed E-state index contributed by atoms with van der Waals surface area (Å²) in [6, 6.07) is 32.8. The Kier molecular flexibility index (Phi) is 7.69. The molecule has 4 rings (SSSR count). The van der Waals surface area contributed by atoms with Gasteiger partial charge >= 0.3 is 119 Å². The number of carbonyl (C=O) groups is 2. The molecule has 3 aromatic rings. The summed E-state index contributed by atoms with van der Waals surface area (Å²) in [5, 5.41) is 0. The molecule has 3 nitrogen and oxygen atoms in total. The van der Waals surface area contributed by atoms with E-state index in [4.69, 9.17) is 0 Å². The third-order valence-corrected chi connectivity index (χ3v) is 10.5. The van der Waals surface area contributed by atoms with Gasteiger partial charge < -0.3 is 24.8 Å². The van der Waals surface area contributed by atoms with Crippen LogP contribution in [0.15, 0.2) is 91.0 Å². The van der Waals surface area contributed by atoms with E-state index in [2.05, 4.69) is 116 Å². The summed E-state index contributed by atoms with van der Waals surface area (Å²) >= 11 is 7.38. The van der Waals surface area contributed by atoms with Gasteiger partial charge in [0.15, 0.2) is 0 Å². The standard InChI is InChI=1S/C18H15Ge.C5H5NO2S2/c1-4-10-16(11-5-1)19(17-12-6-2-7-13-17)18-14-8-3-9-15-18;7-3-1-2-4(8)6(3)5(9)10/h1-15H;1-2H2,(H,9,10)/p-1. The van der Waals surface area contributed by atoms with Gasteiger partial charge in [0.2, 0.25) is 11.8 Å². The fraction of sp³-hybridized carbons (Fsp3) is 0.0870. The normalized spacial score (nSPS) is 13.2. The van der Waals surface area contributed by atoms with Crippen LogP contribution in [-0.4, -0.2) is 35.4 Å². The number of carbonyl (C=O) groups excluding carboxylic acids is 2. The Hall–Kier alpha value is -2.35. The van der Waals surface area contributed by atoms with Crippen molar-refractivity contribution in [1.82, 2.24) is 4.90 Å². The summed E-state index contributed by atoms with van der Waals surface area (Å²) in [6.45, 7) is 0. The van der Waals surface area contributed by atoms with Gasteiger partial charge in [0, 0.05) is 12.8 Å². The van der Waals surface area contributed by atoms with Crippen molar-refractivity contribution in [2.75, 3.05) is 0 Å². The number of hydrogen-bond donors (Lipinski definition) is 0. The van der Waals surface area contributed by atoms with Gasteiger partial charge in [-0.1, -0.05) is 0 Å². The molecule has 1 aliphatic heterocycles. The first kappa shape index (κ1) is 21.4. The molecule has 1 aliphatic rings. The van der Waals surface area contributed by atoms with Crippen molar-refractivity contribution in [3.05, 3.63) is 91.0 Å². The Morgan fingerprint density at radius 1 is 0.690 bits per heavy atom. The predicted molar refractivity (Wildman–Crippen MR) is 125 cm³/mol. The van der Waals surface area contributed by atoms with E-state index in [0.717, 1.165) is 4.90 Å². The van der Waals surface area contributed by atoms with E-state index in [0.29, 0.717) is 0 Å². The van der Waals surface area contributed by atoms with Gasteiger partial charge in [-0.3, -0.25) is 14.5 Å². The van der Waals surface area contributed by atoms with E-state index in [1.54, 1.807) is 0 Å². The SMILES string of the molecule is O=C1CCC(=O)N1C(=S)[S-].c1cc[c]([Ge]([c]2ccccc2)[c]2ccccc2)cc1. The monoisotopic (exact) mass is 479 g/mol. The van der Waals surface area contributed by atoms with Crippen molar-refractivity contribution >= 4 is 68.5 Å². The van der Waals surface area contributed by atoms with Gasteiger partial charge in [-0.25, -0.2) is 0 Å². The van der Waals surface area contributed by atoms with Crippen molar-refractivity contribution in [2.45, 2.75) is 12.8 Å². The molecule has 0 aliphatic carbocycles. The molecule has 3 aromatic carbocycles. The number of imide groups is 1. The van der Waals surface area contributed by atoms with Crippen LogP contribution < -0.4 is 13.2 Å². The van der Waals surface area contributed by atoms with Crippen LogP contribution in [0.3, 0.4) is 0 Å². The van der Waals surface area contributed by atoms with Crippen LogP contribution in [0.2, 0.25) is 0 Å². The van der Waals surface area contributed by atoms with E-state index < -0.39 is 14.3 Å². The van der Waals surface area contributed by atoms with E-state index in [1.807, 2.05) is 0 Å².